The Morgan fingerprint density at radius 3 is 2.84 bits per heavy atom. The first-order valence-electron chi connectivity index (χ1n) is 5.90. The largest absolute Gasteiger partial charge is 0.475 e. The first kappa shape index (κ1) is 14.0. The minimum atomic E-state index is -3.79. The fourth-order valence-corrected chi connectivity index (χ4v) is 3.23. The highest BCUT2D eigenvalue weighted by atomic mass is 32.2. The molecule has 0 bridgehead atoms. The van der Waals surface area contributed by atoms with Crippen LogP contribution < -0.4 is 0 Å². The lowest BCUT2D eigenvalue weighted by Gasteiger charge is -2.30. The van der Waals surface area contributed by atoms with Gasteiger partial charge in [0.05, 0.1) is 12.7 Å². The van der Waals surface area contributed by atoms with E-state index in [1.165, 1.54) is 4.31 Å². The maximum absolute atomic E-state index is 12.3. The molecule has 19 heavy (non-hydrogen) atoms. The normalized spacial score (nSPS) is 21.4. The number of nitrogens with zero attached hydrogens (tertiary/aromatic N) is 1. The average Bonchev–Trinajstić information content (AvgIpc) is 2.89. The van der Waals surface area contributed by atoms with Gasteiger partial charge in [-0.15, -0.1) is 0 Å². The number of aromatic carboxylic acids is 1. The monoisotopic (exact) mass is 289 g/mol. The van der Waals surface area contributed by atoms with Gasteiger partial charge >= 0.3 is 5.97 Å². The van der Waals surface area contributed by atoms with Crippen molar-refractivity contribution >= 4 is 16.0 Å². The maximum Gasteiger partial charge on any atom is 0.371 e. The van der Waals surface area contributed by atoms with Gasteiger partial charge in [0.1, 0.15) is 0 Å². The molecule has 1 aliphatic rings. The quantitative estimate of drug-likeness (QED) is 0.879. The van der Waals surface area contributed by atoms with Crippen LogP contribution in [-0.4, -0.2) is 49.6 Å². The van der Waals surface area contributed by atoms with Crippen molar-refractivity contribution in [2.75, 3.05) is 19.7 Å². The van der Waals surface area contributed by atoms with Crippen molar-refractivity contribution < 1.29 is 27.5 Å². The minimum absolute atomic E-state index is 0.141. The third-order valence-corrected chi connectivity index (χ3v) is 4.68. The van der Waals surface area contributed by atoms with E-state index in [1.54, 1.807) is 0 Å². The van der Waals surface area contributed by atoms with Crippen LogP contribution in [0.5, 0.6) is 0 Å². The lowest BCUT2D eigenvalue weighted by Crippen LogP contribution is -2.45. The zero-order valence-electron chi connectivity index (χ0n) is 10.4. The van der Waals surface area contributed by atoms with E-state index in [0.29, 0.717) is 13.0 Å². The molecular weight excluding hydrogens is 274 g/mol. The second-order valence-electron chi connectivity index (χ2n) is 4.19. The van der Waals surface area contributed by atoms with Gasteiger partial charge in [-0.05, 0) is 18.6 Å². The molecule has 1 saturated heterocycles. The van der Waals surface area contributed by atoms with Crippen LogP contribution in [0.3, 0.4) is 0 Å². The molecule has 1 atom stereocenters. The van der Waals surface area contributed by atoms with E-state index in [-0.39, 0.29) is 30.0 Å². The van der Waals surface area contributed by atoms with Crippen molar-refractivity contribution in [3.8, 4) is 0 Å². The summed E-state index contributed by atoms with van der Waals surface area (Å²) in [6.07, 6.45) is 0.572. The van der Waals surface area contributed by atoms with Crippen molar-refractivity contribution in [2.24, 2.45) is 0 Å². The third kappa shape index (κ3) is 2.80. The fraction of sp³-hybridized carbons (Fsp3) is 0.545. The number of rotatable bonds is 4. The van der Waals surface area contributed by atoms with Crippen molar-refractivity contribution in [3.05, 3.63) is 17.9 Å². The molecule has 0 spiro atoms. The molecule has 1 aliphatic heterocycles. The Kier molecular flexibility index (Phi) is 3.93. The Balaban J connectivity index is 2.23. The summed E-state index contributed by atoms with van der Waals surface area (Å²) in [4.78, 5) is 10.7. The number of carbonyl (C=O) groups is 1. The summed E-state index contributed by atoms with van der Waals surface area (Å²) in [5.74, 6) is -1.69. The van der Waals surface area contributed by atoms with E-state index in [2.05, 4.69) is 0 Å². The van der Waals surface area contributed by atoms with Crippen molar-refractivity contribution in [3.63, 3.8) is 0 Å². The van der Waals surface area contributed by atoms with Crippen LogP contribution >= 0.6 is 0 Å². The van der Waals surface area contributed by atoms with E-state index >= 15 is 0 Å². The molecule has 7 nitrogen and oxygen atoms in total. The summed E-state index contributed by atoms with van der Waals surface area (Å²) in [6.45, 7) is 2.73. The summed E-state index contributed by atoms with van der Waals surface area (Å²) in [7, 11) is -3.79. The Morgan fingerprint density at radius 2 is 2.26 bits per heavy atom. The SMILES string of the molecule is CCC1CN(S(=O)(=O)c2ccc(C(=O)O)o2)CCO1. The third-order valence-electron chi connectivity index (χ3n) is 2.94. The number of hydrogen-bond acceptors (Lipinski definition) is 5. The number of hydrogen-bond donors (Lipinski definition) is 1. The molecule has 1 N–H and O–H groups in total. The lowest BCUT2D eigenvalue weighted by atomic mass is 10.2. The maximum atomic E-state index is 12.3. The number of furan rings is 1. The van der Waals surface area contributed by atoms with Crippen LogP contribution in [0.4, 0.5) is 0 Å². The van der Waals surface area contributed by atoms with Gasteiger partial charge in [-0.2, -0.15) is 4.31 Å². The van der Waals surface area contributed by atoms with Gasteiger partial charge in [0, 0.05) is 13.1 Å². The molecule has 0 aliphatic carbocycles. The summed E-state index contributed by atoms with van der Waals surface area (Å²) in [5, 5.41) is 8.39. The van der Waals surface area contributed by atoms with E-state index in [0.717, 1.165) is 12.1 Å². The molecule has 106 valence electrons. The summed E-state index contributed by atoms with van der Waals surface area (Å²) >= 11 is 0. The minimum Gasteiger partial charge on any atom is -0.475 e. The van der Waals surface area contributed by atoms with E-state index in [9.17, 15) is 13.2 Å². The second-order valence-corrected chi connectivity index (χ2v) is 6.06. The molecule has 1 aromatic heterocycles. The van der Waals surface area contributed by atoms with Gasteiger partial charge < -0.3 is 14.3 Å². The molecule has 8 heteroatoms. The number of morpholine rings is 1. The van der Waals surface area contributed by atoms with Gasteiger partial charge in [-0.25, -0.2) is 13.2 Å². The first-order chi connectivity index (χ1) is 8.95. The van der Waals surface area contributed by atoms with Gasteiger partial charge in [0.15, 0.2) is 0 Å². The van der Waals surface area contributed by atoms with E-state index < -0.39 is 16.0 Å². The molecule has 1 aromatic rings. The molecule has 0 radical (unpaired) electrons. The standard InChI is InChI=1S/C11H15NO6S/c1-2-8-7-12(5-6-17-8)19(15,16)10-4-3-9(18-10)11(13)14/h3-4,8H,2,5-7H2,1H3,(H,13,14). The first-order valence-corrected chi connectivity index (χ1v) is 7.34. The number of carboxylic acids is 1. The predicted octanol–water partition coefficient (Wildman–Crippen LogP) is 0.777. The highest BCUT2D eigenvalue weighted by Gasteiger charge is 2.32. The van der Waals surface area contributed by atoms with Gasteiger partial charge in [0.2, 0.25) is 10.9 Å². The average molecular weight is 289 g/mol. The van der Waals surface area contributed by atoms with E-state index in [1.807, 2.05) is 6.92 Å². The molecular formula is C11H15NO6S. The zero-order valence-corrected chi connectivity index (χ0v) is 11.2. The molecule has 0 saturated carbocycles. The summed E-state index contributed by atoms with van der Waals surface area (Å²) < 4.78 is 36.1. The highest BCUT2D eigenvalue weighted by Crippen LogP contribution is 2.21. The second kappa shape index (κ2) is 5.32. The molecule has 2 heterocycles. The molecule has 2 rings (SSSR count). The van der Waals surface area contributed by atoms with Crippen LogP contribution in [0.1, 0.15) is 23.9 Å². The van der Waals surface area contributed by atoms with Crippen LogP contribution in [0.25, 0.3) is 0 Å². The topological polar surface area (TPSA) is 97.1 Å². The predicted molar refractivity (Wildman–Crippen MR) is 64.5 cm³/mol. The smallest absolute Gasteiger partial charge is 0.371 e. The fourth-order valence-electron chi connectivity index (χ4n) is 1.86. The van der Waals surface area contributed by atoms with Gasteiger partial charge in [-0.1, -0.05) is 6.92 Å². The molecule has 1 unspecified atom stereocenters. The Labute approximate surface area is 110 Å². The zero-order chi connectivity index (χ0) is 14.0. The van der Waals surface area contributed by atoms with Crippen molar-refractivity contribution in [1.82, 2.24) is 4.31 Å². The lowest BCUT2D eigenvalue weighted by molar-refractivity contribution is -0.00316. The van der Waals surface area contributed by atoms with Crippen LogP contribution in [0, 0.1) is 0 Å². The molecule has 0 amide bonds. The van der Waals surface area contributed by atoms with Crippen molar-refractivity contribution in [2.45, 2.75) is 24.5 Å². The van der Waals surface area contributed by atoms with Gasteiger partial charge in [-0.3, -0.25) is 0 Å². The summed E-state index contributed by atoms with van der Waals surface area (Å²) in [6, 6.07) is 2.29. The van der Waals surface area contributed by atoms with E-state index in [4.69, 9.17) is 14.3 Å². The molecule has 1 fully saturated rings. The van der Waals surface area contributed by atoms with Gasteiger partial charge in [0.25, 0.3) is 10.0 Å². The Morgan fingerprint density at radius 1 is 1.53 bits per heavy atom. The number of carboxylic acid groups (broad SMARTS) is 1. The summed E-state index contributed by atoms with van der Waals surface area (Å²) in [5.41, 5.74) is 0. The Bertz CT molecular complexity index is 563. The number of sulfonamides is 1. The highest BCUT2D eigenvalue weighted by molar-refractivity contribution is 7.89. The van der Waals surface area contributed by atoms with Crippen LogP contribution in [0.2, 0.25) is 0 Å². The number of ether oxygens (including phenoxy) is 1. The van der Waals surface area contributed by atoms with Crippen molar-refractivity contribution in [1.29, 1.82) is 0 Å². The van der Waals surface area contributed by atoms with Crippen LogP contribution in [0.15, 0.2) is 21.6 Å². The van der Waals surface area contributed by atoms with Crippen LogP contribution in [-0.2, 0) is 14.8 Å². The Hall–Kier alpha value is -1.38. The molecule has 0 aromatic carbocycles.